The van der Waals surface area contributed by atoms with Crippen molar-refractivity contribution in [1.29, 1.82) is 0 Å². The van der Waals surface area contributed by atoms with Gasteiger partial charge >= 0.3 is 0 Å². The molecule has 18 heavy (non-hydrogen) atoms. The van der Waals surface area contributed by atoms with E-state index < -0.39 is 0 Å². The average Bonchev–Trinajstić information content (AvgIpc) is 2.69. The number of hydrogen-bond acceptors (Lipinski definition) is 4. The summed E-state index contributed by atoms with van der Waals surface area (Å²) in [5.41, 5.74) is 1.43. The van der Waals surface area contributed by atoms with Crippen molar-refractivity contribution in [2.24, 2.45) is 7.05 Å². The van der Waals surface area contributed by atoms with E-state index in [0.29, 0.717) is 0 Å². The Kier molecular flexibility index (Phi) is 2.91. The quantitative estimate of drug-likeness (QED) is 0.921. The number of hydrogen-bond donors (Lipinski definition) is 1. The van der Waals surface area contributed by atoms with Gasteiger partial charge in [-0.2, -0.15) is 4.80 Å². The van der Waals surface area contributed by atoms with Gasteiger partial charge in [0.1, 0.15) is 0 Å². The molecule has 1 fully saturated rings. The largest absolute Gasteiger partial charge is 0.315 e. The van der Waals surface area contributed by atoms with Crippen LogP contribution in [0.3, 0.4) is 0 Å². The lowest BCUT2D eigenvalue weighted by molar-refractivity contribution is 0.270. The second-order valence-corrected chi connectivity index (χ2v) is 5.68. The number of halogens is 1. The Bertz CT molecular complexity index is 561. The molecule has 1 aromatic carbocycles. The van der Waals surface area contributed by atoms with Crippen LogP contribution in [0.2, 0.25) is 0 Å². The van der Waals surface area contributed by atoms with Crippen molar-refractivity contribution in [1.82, 2.24) is 25.5 Å². The van der Waals surface area contributed by atoms with E-state index in [9.17, 15) is 0 Å². The topological polar surface area (TPSA) is 55.6 Å². The number of aryl methyl sites for hydroxylation is 1. The Morgan fingerprint density at radius 1 is 1.44 bits per heavy atom. The minimum Gasteiger partial charge on any atom is -0.315 e. The minimum absolute atomic E-state index is 0.104. The highest BCUT2D eigenvalue weighted by Crippen LogP contribution is 2.32. The van der Waals surface area contributed by atoms with E-state index in [1.54, 1.807) is 7.05 Å². The van der Waals surface area contributed by atoms with Crippen LogP contribution in [-0.2, 0) is 18.9 Å². The van der Waals surface area contributed by atoms with Crippen molar-refractivity contribution < 1.29 is 0 Å². The highest BCUT2D eigenvalue weighted by Gasteiger charge is 2.40. The van der Waals surface area contributed by atoms with Crippen LogP contribution in [0.5, 0.6) is 0 Å². The molecule has 94 valence electrons. The number of nitrogens with one attached hydrogen (secondary N) is 1. The van der Waals surface area contributed by atoms with E-state index >= 15 is 0 Å². The fourth-order valence-corrected chi connectivity index (χ4v) is 2.77. The number of tetrazole rings is 1. The maximum Gasteiger partial charge on any atom is 0.175 e. The highest BCUT2D eigenvalue weighted by atomic mass is 79.9. The molecule has 0 atom stereocenters. The molecular weight excluding hydrogens is 294 g/mol. The summed E-state index contributed by atoms with van der Waals surface area (Å²) in [6, 6.07) is 8.46. The second-order valence-electron chi connectivity index (χ2n) is 4.77. The van der Waals surface area contributed by atoms with Gasteiger partial charge in [-0.25, -0.2) is 0 Å². The Morgan fingerprint density at radius 3 is 2.83 bits per heavy atom. The summed E-state index contributed by atoms with van der Waals surface area (Å²) in [6.07, 6.45) is 0.824. The molecular formula is C12H14BrN5. The van der Waals surface area contributed by atoms with Crippen LogP contribution in [-0.4, -0.2) is 33.3 Å². The van der Waals surface area contributed by atoms with E-state index in [1.807, 2.05) is 6.07 Å². The van der Waals surface area contributed by atoms with Gasteiger partial charge in [0.2, 0.25) is 0 Å². The summed E-state index contributed by atoms with van der Waals surface area (Å²) in [4.78, 5) is 1.51. The summed E-state index contributed by atoms with van der Waals surface area (Å²) < 4.78 is 1.11. The molecule has 0 aliphatic carbocycles. The SMILES string of the molecule is Cn1nnc(CC2(c3cccc(Br)c3)CNC2)n1. The lowest BCUT2D eigenvalue weighted by Gasteiger charge is -2.42. The van der Waals surface area contributed by atoms with Crippen molar-refractivity contribution in [2.45, 2.75) is 11.8 Å². The van der Waals surface area contributed by atoms with E-state index in [-0.39, 0.29) is 5.41 Å². The molecule has 0 bridgehead atoms. The van der Waals surface area contributed by atoms with Gasteiger partial charge in [0.15, 0.2) is 5.82 Å². The zero-order chi connectivity index (χ0) is 12.6. The van der Waals surface area contributed by atoms with Gasteiger partial charge in [0, 0.05) is 29.4 Å². The fraction of sp³-hybridized carbons (Fsp3) is 0.417. The Hall–Kier alpha value is -1.27. The third-order valence-corrected chi connectivity index (χ3v) is 3.90. The second kappa shape index (κ2) is 4.44. The molecule has 3 rings (SSSR count). The third kappa shape index (κ3) is 2.06. The van der Waals surface area contributed by atoms with Crippen LogP contribution in [0, 0.1) is 0 Å². The average molecular weight is 308 g/mol. The number of nitrogens with zero attached hydrogens (tertiary/aromatic N) is 4. The predicted octanol–water partition coefficient (Wildman–Crippen LogP) is 1.06. The van der Waals surface area contributed by atoms with Crippen molar-refractivity contribution >= 4 is 15.9 Å². The molecule has 0 saturated carbocycles. The maximum absolute atomic E-state index is 4.28. The van der Waals surface area contributed by atoms with Crippen LogP contribution in [0.15, 0.2) is 28.7 Å². The monoisotopic (exact) mass is 307 g/mol. The predicted molar refractivity (Wildman–Crippen MR) is 71.2 cm³/mol. The molecule has 0 radical (unpaired) electrons. The van der Waals surface area contributed by atoms with Gasteiger partial charge in [0.25, 0.3) is 0 Å². The molecule has 1 aliphatic heterocycles. The van der Waals surface area contributed by atoms with Crippen molar-refractivity contribution in [3.05, 3.63) is 40.1 Å². The first-order valence-corrected chi connectivity index (χ1v) is 6.67. The lowest BCUT2D eigenvalue weighted by Crippen LogP contribution is -2.58. The molecule has 1 N–H and O–H groups in total. The van der Waals surface area contributed by atoms with Crippen LogP contribution in [0.1, 0.15) is 11.4 Å². The van der Waals surface area contributed by atoms with Crippen molar-refractivity contribution in [2.75, 3.05) is 13.1 Å². The van der Waals surface area contributed by atoms with Crippen LogP contribution in [0.4, 0.5) is 0 Å². The van der Waals surface area contributed by atoms with E-state index in [0.717, 1.165) is 29.8 Å². The fourth-order valence-electron chi connectivity index (χ4n) is 2.37. The van der Waals surface area contributed by atoms with Gasteiger partial charge in [-0.3, -0.25) is 0 Å². The smallest absolute Gasteiger partial charge is 0.175 e. The number of benzene rings is 1. The number of aromatic nitrogens is 4. The third-order valence-electron chi connectivity index (χ3n) is 3.41. The first-order chi connectivity index (χ1) is 8.68. The highest BCUT2D eigenvalue weighted by molar-refractivity contribution is 9.10. The zero-order valence-corrected chi connectivity index (χ0v) is 11.7. The Morgan fingerprint density at radius 2 is 2.28 bits per heavy atom. The molecule has 0 amide bonds. The van der Waals surface area contributed by atoms with Gasteiger partial charge in [-0.15, -0.1) is 10.2 Å². The normalized spacial score (nSPS) is 17.4. The van der Waals surface area contributed by atoms with E-state index in [1.165, 1.54) is 10.4 Å². The van der Waals surface area contributed by atoms with Gasteiger partial charge in [-0.05, 0) is 22.9 Å². The van der Waals surface area contributed by atoms with Crippen LogP contribution < -0.4 is 5.32 Å². The van der Waals surface area contributed by atoms with Gasteiger partial charge in [-0.1, -0.05) is 28.1 Å². The Labute approximate surface area is 114 Å². The summed E-state index contributed by atoms with van der Waals surface area (Å²) in [7, 11) is 1.79. The first-order valence-electron chi connectivity index (χ1n) is 5.88. The molecule has 5 nitrogen and oxygen atoms in total. The van der Waals surface area contributed by atoms with E-state index in [4.69, 9.17) is 0 Å². The minimum atomic E-state index is 0.104. The van der Waals surface area contributed by atoms with Crippen molar-refractivity contribution in [3.8, 4) is 0 Å². The standard InChI is InChI=1S/C12H14BrN5/c1-18-16-11(15-17-18)6-12(7-14-8-12)9-3-2-4-10(13)5-9/h2-5,14H,6-8H2,1H3. The molecule has 0 spiro atoms. The molecule has 1 aliphatic rings. The van der Waals surface area contributed by atoms with E-state index in [2.05, 4.69) is 54.9 Å². The molecule has 2 aromatic rings. The molecule has 0 unspecified atom stereocenters. The molecule has 6 heteroatoms. The summed E-state index contributed by atoms with van der Waals surface area (Å²) in [5.74, 6) is 0.805. The Balaban J connectivity index is 1.90. The van der Waals surface area contributed by atoms with Gasteiger partial charge < -0.3 is 5.32 Å². The van der Waals surface area contributed by atoms with Crippen LogP contribution in [0.25, 0.3) is 0 Å². The summed E-state index contributed by atoms with van der Waals surface area (Å²) in [6.45, 7) is 1.92. The maximum atomic E-state index is 4.28. The lowest BCUT2D eigenvalue weighted by atomic mass is 9.72. The van der Waals surface area contributed by atoms with Crippen LogP contribution >= 0.6 is 15.9 Å². The summed E-state index contributed by atoms with van der Waals surface area (Å²) >= 11 is 3.53. The number of rotatable bonds is 3. The molecule has 2 heterocycles. The summed E-state index contributed by atoms with van der Waals surface area (Å²) in [5, 5.41) is 15.6. The first kappa shape index (κ1) is 11.8. The molecule has 1 aromatic heterocycles. The van der Waals surface area contributed by atoms with Gasteiger partial charge in [0.05, 0.1) is 7.05 Å². The zero-order valence-electron chi connectivity index (χ0n) is 10.1. The molecule has 1 saturated heterocycles. The van der Waals surface area contributed by atoms with Crippen molar-refractivity contribution in [3.63, 3.8) is 0 Å².